The van der Waals surface area contributed by atoms with E-state index in [2.05, 4.69) is 43.4 Å². The first-order valence-corrected chi connectivity index (χ1v) is 13.1. The zero-order valence-corrected chi connectivity index (χ0v) is 20.4. The summed E-state index contributed by atoms with van der Waals surface area (Å²) in [6.45, 7) is 14.8. The average molecular weight is 457 g/mol. The Hall–Kier alpha value is -1.77. The number of fused-ring (bicyclic) bond motifs is 1. The van der Waals surface area contributed by atoms with Crippen LogP contribution in [0.1, 0.15) is 36.1 Å². The monoisotopic (exact) mass is 456 g/mol. The van der Waals surface area contributed by atoms with Crippen molar-refractivity contribution in [1.29, 1.82) is 0 Å². The molecule has 0 N–H and O–H groups in total. The number of hydrogen-bond acceptors (Lipinski definition) is 7. The molecule has 0 radical (unpaired) electrons. The number of thiophene rings is 1. The summed E-state index contributed by atoms with van der Waals surface area (Å²) in [6.07, 6.45) is 6.24. The molecule has 0 atom stereocenters. The highest BCUT2D eigenvalue weighted by molar-refractivity contribution is 7.18. The molecule has 0 aliphatic carbocycles. The molecule has 2 aromatic rings. The molecule has 0 saturated carbocycles. The van der Waals surface area contributed by atoms with Gasteiger partial charge in [-0.2, -0.15) is 0 Å². The fourth-order valence-electron chi connectivity index (χ4n) is 5.48. The summed E-state index contributed by atoms with van der Waals surface area (Å²) in [5, 5.41) is 1.20. The highest BCUT2D eigenvalue weighted by Crippen LogP contribution is 2.35. The lowest BCUT2D eigenvalue weighted by atomic mass is 9.94. The zero-order valence-electron chi connectivity index (χ0n) is 19.6. The van der Waals surface area contributed by atoms with Crippen LogP contribution in [-0.2, 0) is 4.79 Å². The summed E-state index contributed by atoms with van der Waals surface area (Å²) in [7, 11) is 0. The van der Waals surface area contributed by atoms with Crippen LogP contribution < -0.4 is 4.90 Å². The number of carbonyl (C=O) groups is 1. The topological polar surface area (TPSA) is 55.8 Å². The van der Waals surface area contributed by atoms with Crippen molar-refractivity contribution in [3.8, 4) is 0 Å². The number of hydrogen-bond donors (Lipinski definition) is 0. The third kappa shape index (κ3) is 4.50. The number of aromatic nitrogens is 2. The first-order valence-electron chi connectivity index (χ1n) is 12.3. The number of carbonyl (C=O) groups excluding carboxylic acids is 1. The van der Waals surface area contributed by atoms with Crippen LogP contribution in [0.5, 0.6) is 0 Å². The van der Waals surface area contributed by atoms with Gasteiger partial charge in [0.05, 0.1) is 5.39 Å². The van der Waals surface area contributed by atoms with Crippen molar-refractivity contribution in [1.82, 2.24) is 24.7 Å². The molecule has 0 bridgehead atoms. The van der Waals surface area contributed by atoms with E-state index < -0.39 is 0 Å². The molecule has 3 aliphatic rings. The predicted octanol–water partition coefficient (Wildman–Crippen LogP) is 2.76. The van der Waals surface area contributed by atoms with Gasteiger partial charge in [0.2, 0.25) is 5.91 Å². The Morgan fingerprint density at radius 2 is 1.59 bits per heavy atom. The summed E-state index contributed by atoms with van der Waals surface area (Å²) < 4.78 is 0. The fourth-order valence-corrected chi connectivity index (χ4v) is 6.47. The second-order valence-corrected chi connectivity index (χ2v) is 10.8. The molecular weight excluding hydrogens is 420 g/mol. The van der Waals surface area contributed by atoms with Crippen LogP contribution in [0.2, 0.25) is 0 Å². The molecule has 5 rings (SSSR count). The standard InChI is InChI=1S/C24H36N6OS/c1-18-19(2)32-23-21(18)22(25-17-26-23)29-9-5-20(6-10-29)24(31)30-15-13-28(14-16-30)12-11-27-7-3-4-8-27/h17,20H,3-16H2,1-2H3. The molecule has 0 unspecified atom stereocenters. The summed E-state index contributed by atoms with van der Waals surface area (Å²) in [5.41, 5.74) is 1.29. The van der Waals surface area contributed by atoms with Crippen LogP contribution >= 0.6 is 11.3 Å². The largest absolute Gasteiger partial charge is 0.356 e. The summed E-state index contributed by atoms with van der Waals surface area (Å²) in [4.78, 5) is 34.3. The van der Waals surface area contributed by atoms with Gasteiger partial charge in [0, 0.05) is 63.2 Å². The van der Waals surface area contributed by atoms with Crippen LogP contribution in [0.15, 0.2) is 6.33 Å². The van der Waals surface area contributed by atoms with E-state index in [1.54, 1.807) is 17.7 Å². The maximum Gasteiger partial charge on any atom is 0.225 e. The number of anilines is 1. The van der Waals surface area contributed by atoms with Crippen LogP contribution in [-0.4, -0.2) is 96.0 Å². The number of piperidine rings is 1. The van der Waals surface area contributed by atoms with Crippen molar-refractivity contribution >= 4 is 33.3 Å². The lowest BCUT2D eigenvalue weighted by Crippen LogP contribution is -2.52. The average Bonchev–Trinajstić information content (AvgIpc) is 3.45. The third-order valence-corrected chi connectivity index (χ3v) is 8.82. The van der Waals surface area contributed by atoms with Crippen LogP contribution in [0.3, 0.4) is 0 Å². The number of piperazine rings is 1. The van der Waals surface area contributed by atoms with E-state index in [0.29, 0.717) is 5.91 Å². The van der Waals surface area contributed by atoms with Crippen LogP contribution in [0.25, 0.3) is 10.2 Å². The van der Waals surface area contributed by atoms with Gasteiger partial charge in [-0.15, -0.1) is 11.3 Å². The van der Waals surface area contributed by atoms with E-state index in [1.807, 2.05) is 0 Å². The number of likely N-dealkylation sites (tertiary alicyclic amines) is 1. The molecule has 3 saturated heterocycles. The Morgan fingerprint density at radius 1 is 0.938 bits per heavy atom. The number of rotatable bonds is 5. The molecule has 32 heavy (non-hydrogen) atoms. The van der Waals surface area contributed by atoms with E-state index in [9.17, 15) is 4.79 Å². The van der Waals surface area contributed by atoms with Gasteiger partial charge in [-0.05, 0) is 58.2 Å². The van der Waals surface area contributed by atoms with Crippen molar-refractivity contribution in [2.75, 3.05) is 70.3 Å². The zero-order chi connectivity index (χ0) is 22.1. The van der Waals surface area contributed by atoms with Gasteiger partial charge in [-0.1, -0.05) is 0 Å². The first kappa shape index (κ1) is 22.0. The lowest BCUT2D eigenvalue weighted by molar-refractivity contribution is -0.138. The maximum atomic E-state index is 13.2. The maximum absolute atomic E-state index is 13.2. The molecule has 8 heteroatoms. The molecule has 2 aromatic heterocycles. The molecule has 0 spiro atoms. The SMILES string of the molecule is Cc1sc2ncnc(N3CCC(C(=O)N4CCN(CCN5CCCC5)CC4)CC3)c2c1C. The van der Waals surface area contributed by atoms with E-state index >= 15 is 0 Å². The quantitative estimate of drug-likeness (QED) is 0.690. The van der Waals surface area contributed by atoms with Gasteiger partial charge in [0.25, 0.3) is 0 Å². The summed E-state index contributed by atoms with van der Waals surface area (Å²) >= 11 is 1.75. The van der Waals surface area contributed by atoms with Crippen molar-refractivity contribution < 1.29 is 4.79 Å². The van der Waals surface area contributed by atoms with Gasteiger partial charge < -0.3 is 14.7 Å². The van der Waals surface area contributed by atoms with E-state index in [1.165, 1.54) is 48.3 Å². The van der Waals surface area contributed by atoms with Crippen LogP contribution in [0.4, 0.5) is 5.82 Å². The Bertz CT molecular complexity index is 939. The van der Waals surface area contributed by atoms with E-state index in [0.717, 1.165) is 69.3 Å². The number of aryl methyl sites for hydroxylation is 2. The smallest absolute Gasteiger partial charge is 0.225 e. The number of nitrogens with zero attached hydrogens (tertiary/aromatic N) is 6. The van der Waals surface area contributed by atoms with Gasteiger partial charge in [-0.25, -0.2) is 9.97 Å². The lowest BCUT2D eigenvalue weighted by Gasteiger charge is -2.39. The fraction of sp³-hybridized carbons (Fsp3) is 0.708. The minimum Gasteiger partial charge on any atom is -0.356 e. The van der Waals surface area contributed by atoms with Gasteiger partial charge >= 0.3 is 0 Å². The normalized spacial score (nSPS) is 21.7. The second-order valence-electron chi connectivity index (χ2n) is 9.64. The van der Waals surface area contributed by atoms with Gasteiger partial charge in [0.1, 0.15) is 17.0 Å². The van der Waals surface area contributed by atoms with E-state index in [4.69, 9.17) is 0 Å². The molecule has 1 amide bonds. The Morgan fingerprint density at radius 3 is 2.28 bits per heavy atom. The Kier molecular flexibility index (Phi) is 6.62. The van der Waals surface area contributed by atoms with Gasteiger partial charge in [0.15, 0.2) is 0 Å². The van der Waals surface area contributed by atoms with Gasteiger partial charge in [-0.3, -0.25) is 9.69 Å². The van der Waals surface area contributed by atoms with Crippen molar-refractivity contribution in [3.05, 3.63) is 16.8 Å². The number of amides is 1. The third-order valence-electron chi connectivity index (χ3n) is 7.70. The Labute approximate surface area is 195 Å². The second kappa shape index (κ2) is 9.61. The van der Waals surface area contributed by atoms with E-state index in [-0.39, 0.29) is 5.92 Å². The van der Waals surface area contributed by atoms with Crippen molar-refractivity contribution in [2.24, 2.45) is 5.92 Å². The summed E-state index contributed by atoms with van der Waals surface area (Å²) in [6, 6.07) is 0. The molecule has 7 nitrogen and oxygen atoms in total. The molecule has 3 fully saturated rings. The predicted molar refractivity (Wildman–Crippen MR) is 131 cm³/mol. The molecular formula is C24H36N6OS. The summed E-state index contributed by atoms with van der Waals surface area (Å²) in [5.74, 6) is 1.58. The molecule has 174 valence electrons. The van der Waals surface area contributed by atoms with Crippen LogP contribution in [0, 0.1) is 19.8 Å². The Balaban J connectivity index is 1.12. The molecule has 5 heterocycles. The first-order chi connectivity index (χ1) is 15.6. The minimum absolute atomic E-state index is 0.157. The van der Waals surface area contributed by atoms with Crippen molar-refractivity contribution in [3.63, 3.8) is 0 Å². The highest BCUT2D eigenvalue weighted by Gasteiger charge is 2.31. The van der Waals surface area contributed by atoms with Crippen molar-refractivity contribution in [2.45, 2.75) is 39.5 Å². The minimum atomic E-state index is 0.157. The molecule has 0 aromatic carbocycles. The highest BCUT2D eigenvalue weighted by atomic mass is 32.1. The molecule has 3 aliphatic heterocycles.